The van der Waals surface area contributed by atoms with E-state index in [1.165, 1.54) is 7.11 Å². The summed E-state index contributed by atoms with van der Waals surface area (Å²) in [7, 11) is 7.29. The van der Waals surface area contributed by atoms with Gasteiger partial charge in [-0.25, -0.2) is 0 Å². The summed E-state index contributed by atoms with van der Waals surface area (Å²) in [6.45, 7) is 2.50. The van der Waals surface area contributed by atoms with Gasteiger partial charge < -0.3 is 24.6 Å². The van der Waals surface area contributed by atoms with Crippen molar-refractivity contribution in [3.63, 3.8) is 0 Å². The molecule has 0 aliphatic carbocycles. The topological polar surface area (TPSA) is 71.1 Å². The van der Waals surface area contributed by atoms with Crippen LogP contribution in [0.25, 0.3) is 0 Å². The van der Waals surface area contributed by atoms with E-state index in [2.05, 4.69) is 24.3 Å². The Labute approximate surface area is 212 Å². The van der Waals surface area contributed by atoms with Gasteiger partial charge >= 0.3 is 0 Å². The Balaban J connectivity index is 1.65. The van der Waals surface area contributed by atoms with E-state index in [9.17, 15) is 9.59 Å². The molecule has 1 unspecified atom stereocenters. The fraction of sp³-hybridized carbons (Fsp3) is 0.310. The second-order valence-corrected chi connectivity index (χ2v) is 9.19. The number of fused-ring (bicyclic) bond motifs is 1. The van der Waals surface area contributed by atoms with Gasteiger partial charge in [0.05, 0.1) is 19.9 Å². The number of hydrogen-bond acceptors (Lipinski definition) is 5. The number of methoxy groups -OCH3 is 2. The average Bonchev–Trinajstić information content (AvgIpc) is 3.08. The molecule has 7 heteroatoms. The van der Waals surface area contributed by atoms with Gasteiger partial charge in [0.1, 0.15) is 11.5 Å². The molecule has 36 heavy (non-hydrogen) atoms. The van der Waals surface area contributed by atoms with Gasteiger partial charge in [-0.3, -0.25) is 9.59 Å². The Kier molecular flexibility index (Phi) is 7.60. The molecule has 1 atom stereocenters. The highest BCUT2D eigenvalue weighted by Gasteiger charge is 2.29. The summed E-state index contributed by atoms with van der Waals surface area (Å²) in [6.07, 6.45) is 1.80. The number of nitrogens with one attached hydrogen (secondary N) is 1. The molecule has 0 saturated heterocycles. The molecule has 7 nitrogen and oxygen atoms in total. The van der Waals surface area contributed by atoms with Crippen molar-refractivity contribution in [1.29, 1.82) is 0 Å². The number of benzene rings is 3. The second kappa shape index (κ2) is 10.8. The smallest absolute Gasteiger partial charge is 0.258 e. The number of ether oxygens (including phenoxy) is 2. The number of carbonyl (C=O) groups excluding carboxylic acids is 2. The lowest BCUT2D eigenvalue weighted by Gasteiger charge is -2.27. The monoisotopic (exact) mass is 487 g/mol. The molecule has 0 aromatic heterocycles. The fourth-order valence-corrected chi connectivity index (χ4v) is 4.74. The molecule has 3 aromatic carbocycles. The zero-order valence-electron chi connectivity index (χ0n) is 21.5. The molecule has 0 fully saturated rings. The Morgan fingerprint density at radius 3 is 2.47 bits per heavy atom. The number of carbonyl (C=O) groups is 2. The molecule has 0 spiro atoms. The summed E-state index contributed by atoms with van der Waals surface area (Å²) in [4.78, 5) is 30.6. The van der Waals surface area contributed by atoms with Crippen molar-refractivity contribution < 1.29 is 19.1 Å². The molecule has 0 saturated carbocycles. The van der Waals surface area contributed by atoms with Crippen molar-refractivity contribution in [2.75, 3.05) is 45.1 Å². The van der Waals surface area contributed by atoms with Gasteiger partial charge in [-0.15, -0.1) is 0 Å². The minimum absolute atomic E-state index is 0.115. The maximum absolute atomic E-state index is 13.8. The molecule has 1 heterocycles. The fourth-order valence-electron chi connectivity index (χ4n) is 4.74. The molecular weight excluding hydrogens is 454 g/mol. The van der Waals surface area contributed by atoms with Crippen LogP contribution in [0.2, 0.25) is 0 Å². The third-order valence-corrected chi connectivity index (χ3v) is 6.70. The zero-order chi connectivity index (χ0) is 25.8. The summed E-state index contributed by atoms with van der Waals surface area (Å²) in [5.41, 5.74) is 4.42. The van der Waals surface area contributed by atoms with Crippen LogP contribution in [0.1, 0.15) is 50.7 Å². The molecule has 0 bridgehead atoms. The van der Waals surface area contributed by atoms with Crippen LogP contribution in [0, 0.1) is 6.92 Å². The zero-order valence-corrected chi connectivity index (χ0v) is 21.5. The highest BCUT2D eigenvalue weighted by Crippen LogP contribution is 2.39. The van der Waals surface area contributed by atoms with Crippen LogP contribution in [0.5, 0.6) is 11.5 Å². The first-order valence-electron chi connectivity index (χ1n) is 12.0. The largest absolute Gasteiger partial charge is 0.497 e. The first-order chi connectivity index (χ1) is 17.3. The molecule has 1 aliphatic heterocycles. The summed E-state index contributed by atoms with van der Waals surface area (Å²) in [5.74, 6) is 0.857. The summed E-state index contributed by atoms with van der Waals surface area (Å²) < 4.78 is 11.0. The van der Waals surface area contributed by atoms with Crippen molar-refractivity contribution in [3.8, 4) is 11.5 Å². The maximum Gasteiger partial charge on any atom is 0.258 e. The van der Waals surface area contributed by atoms with E-state index in [1.54, 1.807) is 31.4 Å². The number of amides is 2. The SMILES string of the molecule is COc1ccc2c(c1)C(N(C)C)CCCN2C(=O)c1ccc(NC(=O)c2ccccc2C)c(OC)c1. The minimum Gasteiger partial charge on any atom is -0.497 e. The number of anilines is 2. The maximum atomic E-state index is 13.8. The number of nitrogens with zero attached hydrogens (tertiary/aromatic N) is 2. The van der Waals surface area contributed by atoms with E-state index in [0.29, 0.717) is 29.1 Å². The Bertz CT molecular complexity index is 1270. The molecular formula is C29H33N3O4. The molecule has 3 aromatic rings. The van der Waals surface area contributed by atoms with Crippen LogP contribution in [0.15, 0.2) is 60.7 Å². The highest BCUT2D eigenvalue weighted by atomic mass is 16.5. The van der Waals surface area contributed by atoms with Gasteiger partial charge in [0.2, 0.25) is 0 Å². The van der Waals surface area contributed by atoms with Crippen molar-refractivity contribution in [2.45, 2.75) is 25.8 Å². The quantitative estimate of drug-likeness (QED) is 0.510. The lowest BCUT2D eigenvalue weighted by atomic mass is 10.00. The third-order valence-electron chi connectivity index (χ3n) is 6.70. The van der Waals surface area contributed by atoms with Gasteiger partial charge in [0, 0.05) is 29.4 Å². The van der Waals surface area contributed by atoms with Crippen molar-refractivity contribution in [3.05, 3.63) is 82.9 Å². The lowest BCUT2D eigenvalue weighted by molar-refractivity contribution is 0.0985. The van der Waals surface area contributed by atoms with Crippen LogP contribution in [-0.4, -0.2) is 51.6 Å². The van der Waals surface area contributed by atoms with Gasteiger partial charge in [-0.1, -0.05) is 18.2 Å². The van der Waals surface area contributed by atoms with Gasteiger partial charge in [0.25, 0.3) is 11.8 Å². The van der Waals surface area contributed by atoms with Crippen molar-refractivity contribution >= 4 is 23.2 Å². The Hall–Kier alpha value is -3.84. The van der Waals surface area contributed by atoms with Crippen LogP contribution in [0.3, 0.4) is 0 Å². The lowest BCUT2D eigenvalue weighted by Crippen LogP contribution is -2.32. The predicted molar refractivity (Wildman–Crippen MR) is 142 cm³/mol. The van der Waals surface area contributed by atoms with E-state index in [4.69, 9.17) is 9.47 Å². The number of hydrogen-bond donors (Lipinski definition) is 1. The first-order valence-corrected chi connectivity index (χ1v) is 12.0. The van der Waals surface area contributed by atoms with Crippen LogP contribution in [0.4, 0.5) is 11.4 Å². The molecule has 2 amide bonds. The summed E-state index contributed by atoms with van der Waals surface area (Å²) in [6, 6.07) is 18.6. The molecule has 1 aliphatic rings. The predicted octanol–water partition coefficient (Wildman–Crippen LogP) is 5.31. The molecule has 188 valence electrons. The van der Waals surface area contributed by atoms with Crippen LogP contribution in [-0.2, 0) is 0 Å². The van der Waals surface area contributed by atoms with E-state index in [0.717, 1.165) is 35.4 Å². The standard InChI is InChI=1S/C29H33N3O4/c1-19-9-6-7-10-22(19)28(33)30-24-14-12-20(17-27(24)36-5)29(34)32-16-8-11-25(31(2)3)23-18-21(35-4)13-15-26(23)32/h6-7,9-10,12-15,17-18,25H,8,11,16H2,1-5H3,(H,30,33). The Morgan fingerprint density at radius 2 is 1.78 bits per heavy atom. The third kappa shape index (κ3) is 5.06. The molecule has 1 N–H and O–H groups in total. The van der Waals surface area contributed by atoms with E-state index in [-0.39, 0.29) is 17.9 Å². The van der Waals surface area contributed by atoms with Crippen LogP contribution < -0.4 is 19.7 Å². The Morgan fingerprint density at radius 1 is 1.00 bits per heavy atom. The van der Waals surface area contributed by atoms with Crippen molar-refractivity contribution in [1.82, 2.24) is 4.90 Å². The second-order valence-electron chi connectivity index (χ2n) is 9.19. The molecule has 4 rings (SSSR count). The average molecular weight is 488 g/mol. The van der Waals surface area contributed by atoms with Gasteiger partial charge in [-0.2, -0.15) is 0 Å². The van der Waals surface area contributed by atoms with Crippen molar-refractivity contribution in [2.24, 2.45) is 0 Å². The van der Waals surface area contributed by atoms with E-state index < -0.39 is 0 Å². The van der Waals surface area contributed by atoms with Gasteiger partial charge in [0.15, 0.2) is 0 Å². The van der Waals surface area contributed by atoms with E-state index in [1.807, 2.05) is 48.2 Å². The van der Waals surface area contributed by atoms with Gasteiger partial charge in [-0.05, 0) is 87.5 Å². The number of rotatable bonds is 6. The minimum atomic E-state index is -0.226. The first kappa shape index (κ1) is 25.3. The summed E-state index contributed by atoms with van der Waals surface area (Å²) >= 11 is 0. The normalized spacial score (nSPS) is 15.2. The summed E-state index contributed by atoms with van der Waals surface area (Å²) in [5, 5.41) is 2.91. The number of aryl methyl sites for hydroxylation is 1. The van der Waals surface area contributed by atoms with E-state index >= 15 is 0 Å². The van der Waals surface area contributed by atoms with Crippen LogP contribution >= 0.6 is 0 Å². The highest BCUT2D eigenvalue weighted by molar-refractivity contribution is 6.09. The molecule has 0 radical (unpaired) electrons.